The summed E-state index contributed by atoms with van der Waals surface area (Å²) in [5.41, 5.74) is 0. The van der Waals surface area contributed by atoms with Crippen LogP contribution < -0.4 is 0 Å². The van der Waals surface area contributed by atoms with Gasteiger partial charge in [0.15, 0.2) is 0 Å². The molecule has 2 saturated heterocycles. The van der Waals surface area contributed by atoms with Crippen LogP contribution in [0.4, 0.5) is 0 Å². The topological polar surface area (TPSA) is 38.7 Å². The first-order chi connectivity index (χ1) is 4.79. The fourth-order valence-corrected chi connectivity index (χ4v) is 1.67. The molecule has 0 bridgehead atoms. The molecule has 0 radical (unpaired) electrons. The highest BCUT2D eigenvalue weighted by atomic mass is 16.6. The lowest BCUT2D eigenvalue weighted by Gasteiger charge is -2.10. The monoisotopic (exact) mass is 144 g/mol. The first kappa shape index (κ1) is 6.58. The van der Waals surface area contributed by atoms with Crippen molar-refractivity contribution in [3.05, 3.63) is 0 Å². The number of ether oxygens (including phenoxy) is 2. The minimum Gasteiger partial charge on any atom is -0.388 e. The fraction of sp³-hybridized carbons (Fsp3) is 1.00. The van der Waals surface area contributed by atoms with Crippen LogP contribution >= 0.6 is 0 Å². The van der Waals surface area contributed by atoms with Gasteiger partial charge in [-0.3, -0.25) is 0 Å². The van der Waals surface area contributed by atoms with E-state index < -0.39 is 6.10 Å². The van der Waals surface area contributed by atoms with E-state index in [1.807, 2.05) is 0 Å². The van der Waals surface area contributed by atoms with Crippen LogP contribution in [0.1, 0.15) is 6.92 Å². The second-order valence-corrected chi connectivity index (χ2v) is 3.14. The molecule has 1 unspecified atom stereocenters. The van der Waals surface area contributed by atoms with Crippen molar-refractivity contribution in [2.75, 3.05) is 13.2 Å². The second kappa shape index (κ2) is 2.19. The average molecular weight is 144 g/mol. The van der Waals surface area contributed by atoms with Crippen LogP contribution in [0.5, 0.6) is 0 Å². The number of rotatable bonds is 0. The van der Waals surface area contributed by atoms with Crippen molar-refractivity contribution in [1.82, 2.24) is 0 Å². The molecule has 10 heavy (non-hydrogen) atoms. The second-order valence-electron chi connectivity index (χ2n) is 3.14. The smallest absolute Gasteiger partial charge is 0.112 e. The highest BCUT2D eigenvalue weighted by Crippen LogP contribution is 2.30. The number of aliphatic hydroxyl groups excluding tert-OH is 1. The third-order valence-corrected chi connectivity index (χ3v) is 2.27. The standard InChI is InChI=1S/C7H12O3/c1-4-2-9-7-5(8)3-10-6(4)7/h4-8H,2-3H2,1H3/t4-,5-,6?,7-/m1/s1. The van der Waals surface area contributed by atoms with E-state index >= 15 is 0 Å². The molecule has 1 N–H and O–H groups in total. The van der Waals surface area contributed by atoms with Crippen molar-refractivity contribution < 1.29 is 14.6 Å². The zero-order valence-electron chi connectivity index (χ0n) is 5.99. The molecule has 0 aromatic rings. The SMILES string of the molecule is C[C@@H]1CO[C@H]2C1OC[C@H]2O. The Hall–Kier alpha value is -0.120. The maximum absolute atomic E-state index is 9.27. The van der Waals surface area contributed by atoms with E-state index in [-0.39, 0.29) is 12.2 Å². The average Bonchev–Trinajstić information content (AvgIpc) is 2.41. The molecule has 2 rings (SSSR count). The minimum atomic E-state index is -0.394. The molecule has 2 heterocycles. The van der Waals surface area contributed by atoms with E-state index in [9.17, 15) is 5.11 Å². The molecule has 2 aliphatic rings. The number of hydrogen-bond donors (Lipinski definition) is 1. The number of hydrogen-bond acceptors (Lipinski definition) is 3. The van der Waals surface area contributed by atoms with Crippen LogP contribution in [0.15, 0.2) is 0 Å². The van der Waals surface area contributed by atoms with E-state index in [0.29, 0.717) is 12.5 Å². The maximum atomic E-state index is 9.27. The fourth-order valence-electron chi connectivity index (χ4n) is 1.67. The number of aliphatic hydroxyl groups is 1. The van der Waals surface area contributed by atoms with Gasteiger partial charge in [-0.15, -0.1) is 0 Å². The van der Waals surface area contributed by atoms with Crippen molar-refractivity contribution in [1.29, 1.82) is 0 Å². The van der Waals surface area contributed by atoms with Gasteiger partial charge in [0.25, 0.3) is 0 Å². The number of fused-ring (bicyclic) bond motifs is 1. The Balaban J connectivity index is 2.09. The first-order valence-electron chi connectivity index (χ1n) is 3.70. The van der Waals surface area contributed by atoms with Gasteiger partial charge in [0.2, 0.25) is 0 Å². The van der Waals surface area contributed by atoms with Gasteiger partial charge in [-0.05, 0) is 0 Å². The van der Waals surface area contributed by atoms with Crippen LogP contribution in [0.3, 0.4) is 0 Å². The third-order valence-electron chi connectivity index (χ3n) is 2.27. The van der Waals surface area contributed by atoms with Gasteiger partial charge in [0.1, 0.15) is 12.2 Å². The van der Waals surface area contributed by atoms with Crippen molar-refractivity contribution >= 4 is 0 Å². The molecular weight excluding hydrogens is 132 g/mol. The van der Waals surface area contributed by atoms with Gasteiger partial charge in [0, 0.05) is 5.92 Å². The van der Waals surface area contributed by atoms with Gasteiger partial charge in [-0.25, -0.2) is 0 Å². The normalized spacial score (nSPS) is 53.4. The molecule has 0 aliphatic carbocycles. The minimum absolute atomic E-state index is 0.0463. The third kappa shape index (κ3) is 0.779. The Kier molecular flexibility index (Phi) is 1.44. The van der Waals surface area contributed by atoms with Crippen molar-refractivity contribution in [3.63, 3.8) is 0 Å². The molecule has 3 nitrogen and oxygen atoms in total. The molecule has 0 aromatic heterocycles. The van der Waals surface area contributed by atoms with E-state index in [1.165, 1.54) is 0 Å². The van der Waals surface area contributed by atoms with E-state index in [1.54, 1.807) is 0 Å². The van der Waals surface area contributed by atoms with Gasteiger partial charge in [-0.2, -0.15) is 0 Å². The van der Waals surface area contributed by atoms with Crippen LogP contribution in [-0.4, -0.2) is 36.6 Å². The molecule has 0 saturated carbocycles. The molecule has 0 spiro atoms. The van der Waals surface area contributed by atoms with Gasteiger partial charge in [0.05, 0.1) is 19.3 Å². The van der Waals surface area contributed by atoms with E-state index in [0.717, 1.165) is 6.61 Å². The Morgan fingerprint density at radius 1 is 1.20 bits per heavy atom. The van der Waals surface area contributed by atoms with Crippen LogP contribution in [0, 0.1) is 5.92 Å². The van der Waals surface area contributed by atoms with Crippen molar-refractivity contribution in [2.24, 2.45) is 5.92 Å². The molecule has 58 valence electrons. The lowest BCUT2D eigenvalue weighted by molar-refractivity contribution is 0.0173. The molecular formula is C7H12O3. The zero-order valence-corrected chi connectivity index (χ0v) is 5.99. The predicted octanol–water partition coefficient (Wildman–Crippen LogP) is -0.219. The molecule has 0 aromatic carbocycles. The summed E-state index contributed by atoms with van der Waals surface area (Å²) in [7, 11) is 0. The van der Waals surface area contributed by atoms with Crippen molar-refractivity contribution in [3.8, 4) is 0 Å². The summed E-state index contributed by atoms with van der Waals surface area (Å²) < 4.78 is 10.7. The summed E-state index contributed by atoms with van der Waals surface area (Å²) in [6.45, 7) is 3.26. The predicted molar refractivity (Wildman–Crippen MR) is 34.7 cm³/mol. The lowest BCUT2D eigenvalue weighted by Crippen LogP contribution is -2.28. The van der Waals surface area contributed by atoms with Gasteiger partial charge >= 0.3 is 0 Å². The zero-order chi connectivity index (χ0) is 7.14. The van der Waals surface area contributed by atoms with Crippen LogP contribution in [0.25, 0.3) is 0 Å². The molecule has 0 amide bonds. The molecule has 2 fully saturated rings. The van der Waals surface area contributed by atoms with Crippen molar-refractivity contribution in [2.45, 2.75) is 25.2 Å². The largest absolute Gasteiger partial charge is 0.388 e. The van der Waals surface area contributed by atoms with Gasteiger partial charge < -0.3 is 14.6 Å². The Bertz CT molecular complexity index is 121. The summed E-state index contributed by atoms with van der Waals surface area (Å²) >= 11 is 0. The molecule has 3 heteroatoms. The molecule has 4 atom stereocenters. The Labute approximate surface area is 59.9 Å². The quantitative estimate of drug-likeness (QED) is 0.511. The maximum Gasteiger partial charge on any atom is 0.112 e. The van der Waals surface area contributed by atoms with Gasteiger partial charge in [-0.1, -0.05) is 6.92 Å². The Morgan fingerprint density at radius 3 is 2.60 bits per heavy atom. The molecule has 2 aliphatic heterocycles. The highest BCUT2D eigenvalue weighted by Gasteiger charge is 2.44. The summed E-state index contributed by atoms with van der Waals surface area (Å²) in [6.07, 6.45) is -0.292. The van der Waals surface area contributed by atoms with Crippen LogP contribution in [0.2, 0.25) is 0 Å². The summed E-state index contributed by atoms with van der Waals surface area (Å²) in [5.74, 6) is 0.446. The summed E-state index contributed by atoms with van der Waals surface area (Å²) in [4.78, 5) is 0. The lowest BCUT2D eigenvalue weighted by atomic mass is 10.0. The summed E-state index contributed by atoms with van der Waals surface area (Å²) in [6, 6.07) is 0. The van der Waals surface area contributed by atoms with E-state index in [4.69, 9.17) is 9.47 Å². The van der Waals surface area contributed by atoms with Crippen LogP contribution in [-0.2, 0) is 9.47 Å². The Morgan fingerprint density at radius 2 is 1.90 bits per heavy atom. The first-order valence-corrected chi connectivity index (χ1v) is 3.70. The van der Waals surface area contributed by atoms with E-state index in [2.05, 4.69) is 6.92 Å². The highest BCUT2D eigenvalue weighted by molar-refractivity contribution is 4.92. The summed E-state index contributed by atoms with van der Waals surface area (Å²) in [5, 5.41) is 9.27.